The van der Waals surface area contributed by atoms with Gasteiger partial charge in [0.15, 0.2) is 5.96 Å². The monoisotopic (exact) mass is 537 g/mol. The van der Waals surface area contributed by atoms with Gasteiger partial charge in [-0.15, -0.1) is 24.0 Å². The van der Waals surface area contributed by atoms with Crippen LogP contribution in [0.2, 0.25) is 0 Å². The van der Waals surface area contributed by atoms with Crippen molar-refractivity contribution in [1.29, 1.82) is 0 Å². The van der Waals surface area contributed by atoms with Crippen LogP contribution in [0.15, 0.2) is 53.5 Å². The minimum atomic E-state index is 0. The van der Waals surface area contributed by atoms with E-state index in [1.54, 1.807) is 25.1 Å². The second-order valence-electron chi connectivity index (χ2n) is 7.53. The summed E-state index contributed by atoms with van der Waals surface area (Å²) in [4.78, 5) is 22.9. The lowest BCUT2D eigenvalue weighted by Crippen LogP contribution is -2.52. The number of hydrogen-bond donors (Lipinski definition) is 2. The molecule has 2 aromatic rings. The highest BCUT2D eigenvalue weighted by atomic mass is 127. The Morgan fingerprint density at radius 1 is 1.06 bits per heavy atom. The van der Waals surface area contributed by atoms with Crippen molar-refractivity contribution in [2.24, 2.45) is 4.99 Å². The van der Waals surface area contributed by atoms with Crippen LogP contribution in [-0.4, -0.2) is 73.6 Å². The lowest BCUT2D eigenvalue weighted by Gasteiger charge is -2.37. The Bertz CT molecular complexity index is 878. The number of carbonyl (C=O) groups excluding carboxylic acids is 1. The van der Waals surface area contributed by atoms with Gasteiger partial charge in [0, 0.05) is 52.4 Å². The summed E-state index contributed by atoms with van der Waals surface area (Å²) in [6, 6.07) is 15.1. The summed E-state index contributed by atoms with van der Waals surface area (Å²) < 4.78 is 0. The van der Waals surface area contributed by atoms with E-state index in [0.717, 1.165) is 49.9 Å². The Morgan fingerprint density at radius 3 is 2.29 bits per heavy atom. The van der Waals surface area contributed by atoms with Gasteiger partial charge >= 0.3 is 0 Å². The van der Waals surface area contributed by atoms with Crippen LogP contribution >= 0.6 is 24.0 Å². The minimum absolute atomic E-state index is 0. The Kier molecular flexibility index (Phi) is 9.42. The normalized spacial score (nSPS) is 14.1. The van der Waals surface area contributed by atoms with Gasteiger partial charge < -0.3 is 25.1 Å². The van der Waals surface area contributed by atoms with Crippen LogP contribution in [0.3, 0.4) is 0 Å². The average molecular weight is 537 g/mol. The van der Waals surface area contributed by atoms with E-state index in [9.17, 15) is 9.90 Å². The highest BCUT2D eigenvalue weighted by Crippen LogP contribution is 2.27. The van der Waals surface area contributed by atoms with Crippen LogP contribution in [0.1, 0.15) is 22.8 Å². The van der Waals surface area contributed by atoms with E-state index in [1.807, 2.05) is 42.5 Å². The third-order valence-electron chi connectivity index (χ3n) is 5.15. The number of nitrogens with zero attached hydrogens (tertiary/aromatic N) is 4. The van der Waals surface area contributed by atoms with Crippen molar-refractivity contribution in [1.82, 2.24) is 15.1 Å². The quantitative estimate of drug-likeness (QED) is 0.349. The smallest absolute Gasteiger partial charge is 0.253 e. The molecule has 7 nitrogen and oxygen atoms in total. The average Bonchev–Trinajstić information content (AvgIpc) is 2.77. The topological polar surface area (TPSA) is 71.4 Å². The number of hydrogen-bond acceptors (Lipinski definition) is 4. The molecule has 1 amide bonds. The van der Waals surface area contributed by atoms with Gasteiger partial charge in [0.1, 0.15) is 5.75 Å². The number of carbonyl (C=O) groups is 1. The van der Waals surface area contributed by atoms with E-state index >= 15 is 0 Å². The summed E-state index contributed by atoms with van der Waals surface area (Å²) in [5, 5.41) is 13.5. The fraction of sp³-hybridized carbons (Fsp3) is 0.391. The molecular weight excluding hydrogens is 505 g/mol. The van der Waals surface area contributed by atoms with Gasteiger partial charge in [0.2, 0.25) is 0 Å². The molecule has 0 unspecified atom stereocenters. The number of nitrogens with one attached hydrogen (secondary N) is 1. The highest BCUT2D eigenvalue weighted by Gasteiger charge is 2.21. The van der Waals surface area contributed by atoms with Gasteiger partial charge in [-0.2, -0.15) is 0 Å². The third-order valence-corrected chi connectivity index (χ3v) is 5.15. The fourth-order valence-electron chi connectivity index (χ4n) is 3.49. The van der Waals surface area contributed by atoms with Crippen LogP contribution in [0, 0.1) is 0 Å². The molecule has 0 saturated carbocycles. The number of halogens is 1. The lowest BCUT2D eigenvalue weighted by atomic mass is 10.1. The molecule has 31 heavy (non-hydrogen) atoms. The molecule has 3 rings (SSSR count). The van der Waals surface area contributed by atoms with Crippen molar-refractivity contribution in [3.63, 3.8) is 0 Å². The molecule has 0 bridgehead atoms. The Morgan fingerprint density at radius 2 is 1.71 bits per heavy atom. The predicted molar refractivity (Wildman–Crippen MR) is 137 cm³/mol. The van der Waals surface area contributed by atoms with Crippen LogP contribution in [0.25, 0.3) is 0 Å². The number of aliphatic imine (C=N–C) groups is 1. The summed E-state index contributed by atoms with van der Waals surface area (Å²) in [6.45, 7) is 6.72. The first-order valence-corrected chi connectivity index (χ1v) is 10.4. The van der Waals surface area contributed by atoms with Crippen molar-refractivity contribution in [3.8, 4) is 5.75 Å². The number of phenolic OH excluding ortho intramolecular Hbond substituents is 1. The molecule has 1 fully saturated rings. The molecule has 0 aromatic heterocycles. The Balaban J connectivity index is 0.00000341. The zero-order chi connectivity index (χ0) is 21.5. The lowest BCUT2D eigenvalue weighted by molar-refractivity contribution is 0.0827. The second-order valence-corrected chi connectivity index (χ2v) is 7.53. The van der Waals surface area contributed by atoms with E-state index in [-0.39, 0.29) is 29.9 Å². The number of rotatable bonds is 5. The zero-order valence-electron chi connectivity index (χ0n) is 18.4. The van der Waals surface area contributed by atoms with Gasteiger partial charge in [-0.3, -0.25) is 4.79 Å². The molecule has 8 heteroatoms. The van der Waals surface area contributed by atoms with Crippen molar-refractivity contribution in [2.75, 3.05) is 51.7 Å². The summed E-state index contributed by atoms with van der Waals surface area (Å²) in [5.74, 6) is 1.21. The maximum Gasteiger partial charge on any atom is 0.253 e. The molecule has 0 aliphatic carbocycles. The summed E-state index contributed by atoms with van der Waals surface area (Å²) in [5.41, 5.74) is 2.62. The van der Waals surface area contributed by atoms with E-state index < -0.39 is 0 Å². The van der Waals surface area contributed by atoms with Crippen molar-refractivity contribution < 1.29 is 9.90 Å². The van der Waals surface area contributed by atoms with E-state index in [0.29, 0.717) is 17.9 Å². The van der Waals surface area contributed by atoms with Crippen LogP contribution in [0.4, 0.5) is 5.69 Å². The van der Waals surface area contributed by atoms with Gasteiger partial charge in [-0.1, -0.05) is 24.3 Å². The van der Waals surface area contributed by atoms with Gasteiger partial charge in [-0.05, 0) is 36.8 Å². The first-order chi connectivity index (χ1) is 14.5. The second kappa shape index (κ2) is 11.8. The molecule has 2 N–H and O–H groups in total. The third kappa shape index (κ3) is 6.49. The number of anilines is 1. The summed E-state index contributed by atoms with van der Waals surface area (Å²) >= 11 is 0. The number of amides is 1. The molecule has 168 valence electrons. The first kappa shape index (κ1) is 24.8. The first-order valence-electron chi connectivity index (χ1n) is 10.4. The molecule has 1 aliphatic heterocycles. The maximum absolute atomic E-state index is 12.0. The van der Waals surface area contributed by atoms with Crippen LogP contribution in [-0.2, 0) is 6.54 Å². The molecule has 0 radical (unpaired) electrons. The van der Waals surface area contributed by atoms with Crippen molar-refractivity contribution >= 4 is 41.5 Å². The largest absolute Gasteiger partial charge is 0.506 e. The molecule has 0 spiro atoms. The summed E-state index contributed by atoms with van der Waals surface area (Å²) in [6.07, 6.45) is 0. The van der Waals surface area contributed by atoms with E-state index in [2.05, 4.69) is 22.0 Å². The van der Waals surface area contributed by atoms with Crippen molar-refractivity contribution in [2.45, 2.75) is 13.5 Å². The number of aromatic hydroxyl groups is 1. The fourth-order valence-corrected chi connectivity index (χ4v) is 3.49. The maximum atomic E-state index is 12.0. The van der Waals surface area contributed by atoms with Gasteiger partial charge in [-0.25, -0.2) is 4.99 Å². The molecule has 0 atom stereocenters. The standard InChI is InChI=1S/C23H31N5O2.HI/c1-4-24-23(25-17-18-9-11-19(12-10-18)22(30)26(2)3)28-15-13-27(14-16-28)20-7-5-6-8-21(20)29;/h5-12,29H,4,13-17H2,1-3H3,(H,24,25);1H. The molecule has 1 aliphatic rings. The zero-order valence-corrected chi connectivity index (χ0v) is 20.7. The SMILES string of the molecule is CCNC(=NCc1ccc(C(=O)N(C)C)cc1)N1CCN(c2ccccc2O)CC1.I. The number of piperazine rings is 1. The molecular formula is C23H32IN5O2. The number of benzene rings is 2. The van der Waals surface area contributed by atoms with Crippen LogP contribution in [0.5, 0.6) is 5.75 Å². The van der Waals surface area contributed by atoms with Crippen molar-refractivity contribution in [3.05, 3.63) is 59.7 Å². The Labute approximate surface area is 201 Å². The Hall–Kier alpha value is -2.49. The van der Waals surface area contributed by atoms with E-state index in [4.69, 9.17) is 4.99 Å². The molecule has 1 heterocycles. The molecule has 2 aromatic carbocycles. The van der Waals surface area contributed by atoms with Gasteiger partial charge in [0.05, 0.1) is 12.2 Å². The minimum Gasteiger partial charge on any atom is -0.506 e. The number of para-hydroxylation sites is 2. The predicted octanol–water partition coefficient (Wildman–Crippen LogP) is 3.00. The highest BCUT2D eigenvalue weighted by molar-refractivity contribution is 14.0. The summed E-state index contributed by atoms with van der Waals surface area (Å²) in [7, 11) is 3.50. The number of phenols is 1. The van der Waals surface area contributed by atoms with Gasteiger partial charge in [0.25, 0.3) is 5.91 Å². The molecule has 1 saturated heterocycles. The number of guanidine groups is 1. The van der Waals surface area contributed by atoms with Crippen LogP contribution < -0.4 is 10.2 Å². The van der Waals surface area contributed by atoms with E-state index in [1.165, 1.54) is 0 Å².